The number of hydrogen-bond acceptors (Lipinski definition) is 2. The molecule has 1 unspecified atom stereocenters. The fourth-order valence-corrected chi connectivity index (χ4v) is 1.99. The molecule has 0 saturated carbocycles. The van der Waals surface area contributed by atoms with Crippen molar-refractivity contribution in [1.29, 1.82) is 0 Å². The Labute approximate surface area is 109 Å². The topological polar surface area (TPSA) is 32.3 Å². The van der Waals surface area contributed by atoms with Gasteiger partial charge >= 0.3 is 0 Å². The largest absolute Gasteiger partial charge is 0.348 e. The van der Waals surface area contributed by atoms with E-state index < -0.39 is 5.82 Å². The number of amides is 1. The van der Waals surface area contributed by atoms with Crippen LogP contribution < -0.4 is 5.32 Å². The van der Waals surface area contributed by atoms with Gasteiger partial charge in [0, 0.05) is 17.1 Å². The van der Waals surface area contributed by atoms with Crippen molar-refractivity contribution in [2.24, 2.45) is 0 Å². The summed E-state index contributed by atoms with van der Waals surface area (Å²) in [6, 6.07) is 4.07. The number of carbonyl (C=O) groups excluding carboxylic acids is 1. The maximum absolute atomic E-state index is 13.0. The minimum atomic E-state index is -0.418. The zero-order valence-corrected chi connectivity index (χ0v) is 11.7. The van der Waals surface area contributed by atoms with Crippen molar-refractivity contribution < 1.29 is 9.18 Å². The van der Waals surface area contributed by atoms with Crippen LogP contribution in [0.4, 0.5) is 4.39 Å². The summed E-state index contributed by atoms with van der Waals surface area (Å²) in [4.78, 5) is 13.9. The first-order chi connectivity index (χ1) is 7.90. The number of rotatable bonds is 4. The quantitative estimate of drug-likeness (QED) is 0.925. The lowest BCUT2D eigenvalue weighted by Crippen LogP contribution is -2.39. The summed E-state index contributed by atoms with van der Waals surface area (Å²) in [5.74, 6) is -0.690. The van der Waals surface area contributed by atoms with Gasteiger partial charge in [0.05, 0.1) is 5.56 Å². The molecule has 94 valence electrons. The van der Waals surface area contributed by atoms with Gasteiger partial charge in [-0.3, -0.25) is 4.79 Å². The van der Waals surface area contributed by atoms with Crippen LogP contribution in [-0.4, -0.2) is 37.5 Å². The average molecular weight is 303 g/mol. The number of nitrogens with zero attached hydrogens (tertiary/aromatic N) is 1. The Morgan fingerprint density at radius 3 is 2.76 bits per heavy atom. The van der Waals surface area contributed by atoms with Gasteiger partial charge in [0.1, 0.15) is 5.82 Å². The molecule has 0 heterocycles. The van der Waals surface area contributed by atoms with Crippen molar-refractivity contribution >= 4 is 21.8 Å². The molecule has 1 rings (SSSR count). The van der Waals surface area contributed by atoms with Gasteiger partial charge in [0.25, 0.3) is 5.91 Å². The number of nitrogens with one attached hydrogen (secondary N) is 1. The lowest BCUT2D eigenvalue weighted by Gasteiger charge is -2.18. The highest BCUT2D eigenvalue weighted by atomic mass is 79.9. The summed E-state index contributed by atoms with van der Waals surface area (Å²) in [5, 5.41) is 2.82. The Bertz CT molecular complexity index is 409. The van der Waals surface area contributed by atoms with Crippen molar-refractivity contribution in [3.8, 4) is 0 Å². The Kier molecular flexibility index (Phi) is 5.08. The molecule has 0 aliphatic carbocycles. The molecular weight excluding hydrogens is 287 g/mol. The van der Waals surface area contributed by atoms with E-state index in [1.807, 2.05) is 25.9 Å². The van der Waals surface area contributed by atoms with Crippen molar-refractivity contribution in [2.75, 3.05) is 20.6 Å². The molecule has 1 atom stereocenters. The summed E-state index contributed by atoms with van der Waals surface area (Å²) >= 11 is 3.23. The highest BCUT2D eigenvalue weighted by Gasteiger charge is 2.13. The van der Waals surface area contributed by atoms with E-state index in [2.05, 4.69) is 21.2 Å². The van der Waals surface area contributed by atoms with Crippen LogP contribution in [0.1, 0.15) is 17.3 Å². The Morgan fingerprint density at radius 2 is 2.18 bits per heavy atom. The smallest absolute Gasteiger partial charge is 0.252 e. The highest BCUT2D eigenvalue weighted by Crippen LogP contribution is 2.17. The van der Waals surface area contributed by atoms with E-state index >= 15 is 0 Å². The molecule has 5 heteroatoms. The zero-order valence-electron chi connectivity index (χ0n) is 10.1. The van der Waals surface area contributed by atoms with E-state index in [-0.39, 0.29) is 11.9 Å². The maximum Gasteiger partial charge on any atom is 0.252 e. The number of hydrogen-bond donors (Lipinski definition) is 1. The molecular formula is C12H16BrFN2O. The maximum atomic E-state index is 13.0. The van der Waals surface area contributed by atoms with Crippen LogP contribution >= 0.6 is 15.9 Å². The number of likely N-dealkylation sites (N-methyl/N-ethyl adjacent to an activating group) is 1. The number of halogens is 2. The van der Waals surface area contributed by atoms with Crippen LogP contribution in [0.3, 0.4) is 0 Å². The second kappa shape index (κ2) is 6.12. The minimum Gasteiger partial charge on any atom is -0.348 e. The van der Waals surface area contributed by atoms with E-state index in [1.54, 1.807) is 0 Å². The van der Waals surface area contributed by atoms with Crippen LogP contribution in [0.5, 0.6) is 0 Å². The molecule has 0 radical (unpaired) electrons. The lowest BCUT2D eigenvalue weighted by atomic mass is 10.2. The predicted molar refractivity (Wildman–Crippen MR) is 69.6 cm³/mol. The summed E-state index contributed by atoms with van der Waals surface area (Å²) in [7, 11) is 3.86. The summed E-state index contributed by atoms with van der Waals surface area (Å²) in [6.45, 7) is 2.64. The molecule has 0 spiro atoms. The van der Waals surface area contributed by atoms with Crippen LogP contribution in [-0.2, 0) is 0 Å². The Balaban J connectivity index is 2.73. The Morgan fingerprint density at radius 1 is 1.53 bits per heavy atom. The molecule has 1 aromatic rings. The SMILES string of the molecule is CC(CN(C)C)NC(=O)c1cc(F)ccc1Br. The molecule has 0 fully saturated rings. The van der Waals surface area contributed by atoms with Gasteiger partial charge in [-0.1, -0.05) is 0 Å². The summed E-state index contributed by atoms with van der Waals surface area (Å²) in [5.41, 5.74) is 0.315. The van der Waals surface area contributed by atoms with Crippen molar-refractivity contribution in [2.45, 2.75) is 13.0 Å². The van der Waals surface area contributed by atoms with Gasteiger partial charge < -0.3 is 10.2 Å². The van der Waals surface area contributed by atoms with E-state index in [0.717, 1.165) is 6.54 Å². The molecule has 0 saturated heterocycles. The standard InChI is InChI=1S/C12H16BrFN2O/c1-8(7-16(2)3)15-12(17)10-6-9(14)4-5-11(10)13/h4-6,8H,7H2,1-3H3,(H,15,17). The number of benzene rings is 1. The van der Waals surface area contributed by atoms with Crippen LogP contribution in [0.2, 0.25) is 0 Å². The second-order valence-electron chi connectivity index (χ2n) is 4.26. The van der Waals surface area contributed by atoms with E-state index in [4.69, 9.17) is 0 Å². The third-order valence-electron chi connectivity index (χ3n) is 2.19. The third-order valence-corrected chi connectivity index (χ3v) is 2.88. The minimum absolute atomic E-state index is 0.00710. The molecule has 0 aliphatic heterocycles. The number of carbonyl (C=O) groups is 1. The molecule has 1 aromatic carbocycles. The third kappa shape index (κ3) is 4.44. The Hall–Kier alpha value is -0.940. The van der Waals surface area contributed by atoms with Crippen LogP contribution in [0.25, 0.3) is 0 Å². The van der Waals surface area contributed by atoms with Gasteiger partial charge in [-0.15, -0.1) is 0 Å². The van der Waals surface area contributed by atoms with E-state index in [9.17, 15) is 9.18 Å². The van der Waals surface area contributed by atoms with Crippen molar-refractivity contribution in [3.05, 3.63) is 34.1 Å². The molecule has 0 bridgehead atoms. The summed E-state index contributed by atoms with van der Waals surface area (Å²) < 4.78 is 13.6. The normalized spacial score (nSPS) is 12.6. The monoisotopic (exact) mass is 302 g/mol. The van der Waals surface area contributed by atoms with Gasteiger partial charge in [-0.2, -0.15) is 0 Å². The highest BCUT2D eigenvalue weighted by molar-refractivity contribution is 9.10. The first kappa shape index (κ1) is 14.1. The average Bonchev–Trinajstić information content (AvgIpc) is 2.20. The van der Waals surface area contributed by atoms with Crippen LogP contribution in [0.15, 0.2) is 22.7 Å². The first-order valence-electron chi connectivity index (χ1n) is 5.31. The fourth-order valence-electron chi connectivity index (χ4n) is 1.57. The molecule has 0 aromatic heterocycles. The molecule has 0 aliphatic rings. The lowest BCUT2D eigenvalue weighted by molar-refractivity contribution is 0.0933. The van der Waals surface area contributed by atoms with E-state index in [1.165, 1.54) is 18.2 Å². The zero-order chi connectivity index (χ0) is 13.0. The molecule has 3 nitrogen and oxygen atoms in total. The van der Waals surface area contributed by atoms with Crippen LogP contribution in [0, 0.1) is 5.82 Å². The molecule has 17 heavy (non-hydrogen) atoms. The molecule has 1 N–H and O–H groups in total. The van der Waals surface area contributed by atoms with E-state index in [0.29, 0.717) is 10.0 Å². The summed E-state index contributed by atoms with van der Waals surface area (Å²) in [6.07, 6.45) is 0. The predicted octanol–water partition coefficient (Wildman–Crippen LogP) is 2.27. The van der Waals surface area contributed by atoms with Gasteiger partial charge in [-0.25, -0.2) is 4.39 Å². The van der Waals surface area contributed by atoms with Crippen molar-refractivity contribution in [1.82, 2.24) is 10.2 Å². The van der Waals surface area contributed by atoms with Gasteiger partial charge in [-0.05, 0) is 55.1 Å². The van der Waals surface area contributed by atoms with Gasteiger partial charge in [0.2, 0.25) is 0 Å². The second-order valence-corrected chi connectivity index (χ2v) is 5.12. The first-order valence-corrected chi connectivity index (χ1v) is 6.10. The fraction of sp³-hybridized carbons (Fsp3) is 0.417. The molecule has 1 amide bonds. The van der Waals surface area contributed by atoms with Crippen molar-refractivity contribution in [3.63, 3.8) is 0 Å². The van der Waals surface area contributed by atoms with Gasteiger partial charge in [0.15, 0.2) is 0 Å².